The zero-order valence-electron chi connectivity index (χ0n) is 12.9. The molecule has 118 valence electrons. The van der Waals surface area contributed by atoms with Crippen LogP contribution < -0.4 is 0 Å². The Morgan fingerprint density at radius 1 is 0.913 bits per heavy atom. The molecule has 3 aliphatic carbocycles. The minimum atomic E-state index is 0.0105. The van der Waals surface area contributed by atoms with Gasteiger partial charge < -0.3 is 10.2 Å². The van der Waals surface area contributed by atoms with Crippen molar-refractivity contribution in [3.63, 3.8) is 0 Å². The third-order valence-corrected chi connectivity index (χ3v) is 5.06. The van der Waals surface area contributed by atoms with E-state index in [1.54, 1.807) is 0 Å². The second-order valence-electron chi connectivity index (χ2n) is 6.38. The van der Waals surface area contributed by atoms with Gasteiger partial charge in [-0.15, -0.1) is 0 Å². The van der Waals surface area contributed by atoms with Crippen molar-refractivity contribution < 1.29 is 15.0 Å². The average Bonchev–Trinajstić information content (AvgIpc) is 2.87. The summed E-state index contributed by atoms with van der Waals surface area (Å²) in [4.78, 5) is 12.7. The van der Waals surface area contributed by atoms with Crippen LogP contribution in [0.4, 0.5) is 0 Å². The molecule has 0 spiro atoms. The maximum Gasteiger partial charge on any atom is 0.198 e. The van der Waals surface area contributed by atoms with Crippen molar-refractivity contribution in [2.75, 3.05) is 0 Å². The SMILES string of the molecule is O=C(C1=CC=C(n2c(O)ccc2O)CC1)C1=CCC2=C(CC2)C1. The number of Topliss-reactive ketones (excluding diaryl/α,β-unsaturated/α-hetero) is 1. The van der Waals surface area contributed by atoms with Crippen molar-refractivity contribution in [1.29, 1.82) is 0 Å². The standard InChI is InChI=1S/C19H19NO3/c21-17-9-10-18(22)20(17)16-7-5-13(6-8-16)19(23)15-4-2-12-1-3-14(12)11-15/h4-5,7,9-10,21-22H,1-3,6,8,11H2. The fourth-order valence-electron chi connectivity index (χ4n) is 3.58. The van der Waals surface area contributed by atoms with Gasteiger partial charge in [0.25, 0.3) is 0 Å². The largest absolute Gasteiger partial charge is 0.494 e. The lowest BCUT2D eigenvalue weighted by atomic mass is 9.77. The molecule has 0 radical (unpaired) electrons. The van der Waals surface area contributed by atoms with Crippen molar-refractivity contribution in [3.05, 3.63) is 52.7 Å². The first-order chi connectivity index (χ1) is 11.1. The Bertz CT molecular complexity index is 798. The summed E-state index contributed by atoms with van der Waals surface area (Å²) in [7, 11) is 0. The zero-order chi connectivity index (χ0) is 16.0. The van der Waals surface area contributed by atoms with Gasteiger partial charge in [0, 0.05) is 29.0 Å². The van der Waals surface area contributed by atoms with E-state index in [1.807, 2.05) is 12.2 Å². The number of allylic oxidation sites excluding steroid dienone is 8. The Kier molecular flexibility index (Phi) is 3.26. The minimum absolute atomic E-state index is 0.0105. The number of hydrogen-bond acceptors (Lipinski definition) is 3. The van der Waals surface area contributed by atoms with Crippen LogP contribution in [0.3, 0.4) is 0 Å². The van der Waals surface area contributed by atoms with E-state index in [9.17, 15) is 15.0 Å². The van der Waals surface area contributed by atoms with E-state index in [0.29, 0.717) is 12.8 Å². The third-order valence-electron chi connectivity index (χ3n) is 5.06. The molecule has 1 aromatic rings. The first-order valence-corrected chi connectivity index (χ1v) is 8.07. The van der Waals surface area contributed by atoms with Gasteiger partial charge in [-0.2, -0.15) is 0 Å². The van der Waals surface area contributed by atoms with E-state index in [1.165, 1.54) is 34.3 Å². The van der Waals surface area contributed by atoms with Crippen molar-refractivity contribution >= 4 is 11.5 Å². The molecule has 0 amide bonds. The van der Waals surface area contributed by atoms with Gasteiger partial charge in [-0.1, -0.05) is 23.3 Å². The summed E-state index contributed by atoms with van der Waals surface area (Å²) in [6.45, 7) is 0. The Morgan fingerprint density at radius 3 is 2.22 bits per heavy atom. The predicted octanol–water partition coefficient (Wildman–Crippen LogP) is 3.84. The fourth-order valence-corrected chi connectivity index (χ4v) is 3.58. The number of nitrogens with zero attached hydrogens (tertiary/aromatic N) is 1. The minimum Gasteiger partial charge on any atom is -0.494 e. The molecule has 23 heavy (non-hydrogen) atoms. The van der Waals surface area contributed by atoms with Gasteiger partial charge in [-0.05, 0) is 44.6 Å². The van der Waals surface area contributed by atoms with Crippen LogP contribution in [0.15, 0.2) is 52.7 Å². The van der Waals surface area contributed by atoms with E-state index in [2.05, 4.69) is 6.08 Å². The van der Waals surface area contributed by atoms with Crippen LogP contribution in [0.5, 0.6) is 11.8 Å². The van der Waals surface area contributed by atoms with Gasteiger partial charge in [0.1, 0.15) is 0 Å². The highest BCUT2D eigenvalue weighted by Gasteiger charge is 2.26. The number of carbonyl (C=O) groups excluding carboxylic acids is 1. The molecule has 1 aromatic heterocycles. The van der Waals surface area contributed by atoms with Crippen molar-refractivity contribution in [1.82, 2.24) is 4.57 Å². The number of hydrogen-bond donors (Lipinski definition) is 2. The average molecular weight is 309 g/mol. The van der Waals surface area contributed by atoms with Crippen LogP contribution in [-0.2, 0) is 4.79 Å². The van der Waals surface area contributed by atoms with Gasteiger partial charge in [0.05, 0.1) is 0 Å². The molecule has 0 saturated heterocycles. The predicted molar refractivity (Wildman–Crippen MR) is 87.9 cm³/mol. The molecule has 0 atom stereocenters. The molecule has 1 heterocycles. The highest BCUT2D eigenvalue weighted by Crippen LogP contribution is 2.40. The molecule has 0 aromatic carbocycles. The molecular weight excluding hydrogens is 290 g/mol. The van der Waals surface area contributed by atoms with Crippen LogP contribution >= 0.6 is 0 Å². The Balaban J connectivity index is 1.54. The quantitative estimate of drug-likeness (QED) is 0.834. The summed E-state index contributed by atoms with van der Waals surface area (Å²) < 4.78 is 1.41. The lowest BCUT2D eigenvalue weighted by Gasteiger charge is -2.28. The number of aromatic hydroxyl groups is 2. The van der Waals surface area contributed by atoms with Gasteiger partial charge in [-0.3, -0.25) is 9.36 Å². The summed E-state index contributed by atoms with van der Waals surface area (Å²) in [5, 5.41) is 19.6. The van der Waals surface area contributed by atoms with Crippen LogP contribution in [0, 0.1) is 0 Å². The zero-order valence-corrected chi connectivity index (χ0v) is 12.9. The number of carbonyl (C=O) groups is 1. The molecule has 4 nitrogen and oxygen atoms in total. The van der Waals surface area contributed by atoms with E-state index < -0.39 is 0 Å². The van der Waals surface area contributed by atoms with Gasteiger partial charge in [-0.25, -0.2) is 0 Å². The highest BCUT2D eigenvalue weighted by molar-refractivity contribution is 6.09. The molecule has 4 rings (SSSR count). The van der Waals surface area contributed by atoms with E-state index in [-0.39, 0.29) is 17.5 Å². The molecule has 0 unspecified atom stereocenters. The summed E-state index contributed by atoms with van der Waals surface area (Å²) in [5.41, 5.74) is 5.53. The second-order valence-corrected chi connectivity index (χ2v) is 6.38. The molecule has 0 aliphatic heterocycles. The summed E-state index contributed by atoms with van der Waals surface area (Å²) in [5.74, 6) is 0.174. The van der Waals surface area contributed by atoms with Gasteiger partial charge in [0.15, 0.2) is 17.5 Å². The highest BCUT2D eigenvalue weighted by atomic mass is 16.3. The Morgan fingerprint density at radius 2 is 1.65 bits per heavy atom. The number of ketones is 1. The topological polar surface area (TPSA) is 62.5 Å². The maximum absolute atomic E-state index is 12.7. The first-order valence-electron chi connectivity index (χ1n) is 8.07. The molecular formula is C19H19NO3. The normalized spacial score (nSPS) is 20.3. The summed E-state index contributed by atoms with van der Waals surface area (Å²) in [6.07, 6.45) is 11.1. The lowest BCUT2D eigenvalue weighted by Crippen LogP contribution is -2.16. The molecule has 0 saturated carbocycles. The van der Waals surface area contributed by atoms with Crippen LogP contribution in [0.2, 0.25) is 0 Å². The van der Waals surface area contributed by atoms with Crippen LogP contribution in [0.25, 0.3) is 5.70 Å². The molecule has 0 bridgehead atoms. The van der Waals surface area contributed by atoms with Crippen molar-refractivity contribution in [3.8, 4) is 11.8 Å². The summed E-state index contributed by atoms with van der Waals surface area (Å²) >= 11 is 0. The number of rotatable bonds is 3. The molecule has 2 N–H and O–H groups in total. The van der Waals surface area contributed by atoms with Crippen molar-refractivity contribution in [2.24, 2.45) is 0 Å². The van der Waals surface area contributed by atoms with Gasteiger partial charge >= 0.3 is 0 Å². The van der Waals surface area contributed by atoms with Crippen molar-refractivity contribution in [2.45, 2.75) is 38.5 Å². The molecule has 4 heteroatoms. The van der Waals surface area contributed by atoms with E-state index in [4.69, 9.17) is 0 Å². The van der Waals surface area contributed by atoms with E-state index in [0.717, 1.165) is 36.1 Å². The van der Waals surface area contributed by atoms with Crippen LogP contribution in [0.1, 0.15) is 38.5 Å². The van der Waals surface area contributed by atoms with Gasteiger partial charge in [0.2, 0.25) is 0 Å². The monoisotopic (exact) mass is 309 g/mol. The second kappa shape index (κ2) is 5.30. The number of aromatic nitrogens is 1. The Labute approximate surface area is 134 Å². The molecule has 0 fully saturated rings. The molecule has 3 aliphatic rings. The van der Waals surface area contributed by atoms with Crippen LogP contribution in [-0.4, -0.2) is 20.6 Å². The lowest BCUT2D eigenvalue weighted by molar-refractivity contribution is -0.112. The third kappa shape index (κ3) is 2.34. The first kappa shape index (κ1) is 14.1. The summed E-state index contributed by atoms with van der Waals surface area (Å²) in [6, 6.07) is 2.91. The maximum atomic E-state index is 12.7. The fraction of sp³-hybridized carbons (Fsp3) is 0.316. The Hall–Kier alpha value is -2.49. The smallest absolute Gasteiger partial charge is 0.198 e. The van der Waals surface area contributed by atoms with E-state index >= 15 is 0 Å².